The van der Waals surface area contributed by atoms with Crippen LogP contribution in [0.3, 0.4) is 0 Å². The van der Waals surface area contributed by atoms with Crippen molar-refractivity contribution in [3.05, 3.63) is 71.7 Å². The number of ether oxygens (including phenoxy) is 1. The Morgan fingerprint density at radius 2 is 1.79 bits per heavy atom. The summed E-state index contributed by atoms with van der Waals surface area (Å²) in [6.45, 7) is 2.08. The summed E-state index contributed by atoms with van der Waals surface area (Å²) in [5.41, 5.74) is 2.41. The highest BCUT2D eigenvalue weighted by atomic mass is 32.2. The van der Waals surface area contributed by atoms with Crippen LogP contribution in [0.4, 0.5) is 5.13 Å². The van der Waals surface area contributed by atoms with Gasteiger partial charge in [-0.05, 0) is 19.1 Å². The van der Waals surface area contributed by atoms with Crippen LogP contribution in [0.5, 0.6) is 0 Å². The molecular weight excluding hydrogens is 458 g/mol. The highest BCUT2D eigenvalue weighted by Gasteiger charge is 2.17. The molecule has 168 valence electrons. The monoisotopic (exact) mass is 479 g/mol. The van der Waals surface area contributed by atoms with E-state index in [1.807, 2.05) is 65.2 Å². The molecule has 0 fully saturated rings. The summed E-state index contributed by atoms with van der Waals surface area (Å²) in [5.74, 6) is 0.270. The van der Waals surface area contributed by atoms with E-state index in [4.69, 9.17) is 4.74 Å². The molecule has 0 atom stereocenters. The first-order valence-electron chi connectivity index (χ1n) is 10.2. The third-order valence-corrected chi connectivity index (χ3v) is 6.18. The van der Waals surface area contributed by atoms with Gasteiger partial charge in [-0.15, -0.1) is 21.5 Å². The molecule has 0 aliphatic carbocycles. The number of amides is 1. The number of thiazole rings is 1. The minimum atomic E-state index is -0.342. The van der Waals surface area contributed by atoms with Gasteiger partial charge in [-0.2, -0.15) is 0 Å². The van der Waals surface area contributed by atoms with Gasteiger partial charge in [0.1, 0.15) is 0 Å². The molecule has 0 saturated carbocycles. The smallest absolute Gasteiger partial charge is 0.311 e. The zero-order valence-electron chi connectivity index (χ0n) is 17.8. The molecule has 2 aromatic carbocycles. The van der Waals surface area contributed by atoms with Gasteiger partial charge < -0.3 is 10.1 Å². The first-order chi connectivity index (χ1) is 16.1. The van der Waals surface area contributed by atoms with Crippen molar-refractivity contribution in [2.75, 3.05) is 17.7 Å². The fourth-order valence-electron chi connectivity index (χ4n) is 3.04. The molecule has 0 bridgehead atoms. The predicted molar refractivity (Wildman–Crippen MR) is 129 cm³/mol. The second-order valence-electron chi connectivity index (χ2n) is 6.81. The maximum atomic E-state index is 12.5. The lowest BCUT2D eigenvalue weighted by Crippen LogP contribution is -2.15. The lowest BCUT2D eigenvalue weighted by atomic mass is 10.2. The van der Waals surface area contributed by atoms with Gasteiger partial charge in [0.05, 0.1) is 24.5 Å². The van der Waals surface area contributed by atoms with Gasteiger partial charge in [0.25, 0.3) is 0 Å². The number of para-hydroxylation sites is 1. The quantitative estimate of drug-likeness (QED) is 0.283. The number of benzene rings is 2. The average molecular weight is 480 g/mol. The summed E-state index contributed by atoms with van der Waals surface area (Å²) in [6, 6.07) is 19.6. The molecule has 33 heavy (non-hydrogen) atoms. The minimum Gasteiger partial charge on any atom is -0.466 e. The van der Waals surface area contributed by atoms with Crippen molar-refractivity contribution in [1.29, 1.82) is 0 Å². The molecule has 0 saturated heterocycles. The van der Waals surface area contributed by atoms with Crippen LogP contribution in [0.2, 0.25) is 0 Å². The standard InChI is InChI=1S/C23H21N5O3S2/c1-2-31-20(30)13-17-14-32-22(24-17)25-19(29)15-33-23-27-26-21(16-9-5-3-6-10-16)28(23)18-11-7-4-8-12-18/h3-12,14H,2,13,15H2,1H3,(H,24,25,29). The van der Waals surface area contributed by atoms with Crippen LogP contribution in [0.15, 0.2) is 71.2 Å². The lowest BCUT2D eigenvalue weighted by Gasteiger charge is -2.10. The first-order valence-corrected chi connectivity index (χ1v) is 12.1. The van der Waals surface area contributed by atoms with Gasteiger partial charge in [-0.3, -0.25) is 14.2 Å². The summed E-state index contributed by atoms with van der Waals surface area (Å²) >= 11 is 2.56. The van der Waals surface area contributed by atoms with Crippen LogP contribution in [-0.4, -0.2) is 44.0 Å². The van der Waals surface area contributed by atoms with Crippen molar-refractivity contribution in [1.82, 2.24) is 19.7 Å². The van der Waals surface area contributed by atoms with Crippen LogP contribution < -0.4 is 5.32 Å². The Hall–Kier alpha value is -3.50. The van der Waals surface area contributed by atoms with E-state index in [2.05, 4.69) is 20.5 Å². The number of aromatic nitrogens is 4. The number of carbonyl (C=O) groups excluding carboxylic acids is 2. The van der Waals surface area contributed by atoms with Gasteiger partial charge in [0.2, 0.25) is 5.91 Å². The number of nitrogens with one attached hydrogen (secondary N) is 1. The molecule has 0 radical (unpaired) electrons. The number of anilines is 1. The number of hydrogen-bond donors (Lipinski definition) is 1. The highest BCUT2D eigenvalue weighted by Crippen LogP contribution is 2.28. The second-order valence-corrected chi connectivity index (χ2v) is 8.61. The van der Waals surface area contributed by atoms with E-state index >= 15 is 0 Å². The number of thioether (sulfide) groups is 1. The fraction of sp³-hybridized carbons (Fsp3) is 0.174. The van der Waals surface area contributed by atoms with Crippen molar-refractivity contribution in [3.63, 3.8) is 0 Å². The van der Waals surface area contributed by atoms with Crippen molar-refractivity contribution in [2.45, 2.75) is 18.5 Å². The van der Waals surface area contributed by atoms with E-state index in [1.165, 1.54) is 23.1 Å². The molecule has 4 rings (SSSR count). The molecule has 8 nitrogen and oxygen atoms in total. The number of carbonyl (C=O) groups is 2. The predicted octanol–water partition coefficient (Wildman–Crippen LogP) is 4.23. The summed E-state index contributed by atoms with van der Waals surface area (Å²) in [5, 5.41) is 14.3. The number of esters is 1. The normalized spacial score (nSPS) is 10.7. The topological polar surface area (TPSA) is 99.0 Å². The summed E-state index contributed by atoms with van der Waals surface area (Å²) in [7, 11) is 0. The van der Waals surface area contributed by atoms with Gasteiger partial charge in [0.15, 0.2) is 16.1 Å². The van der Waals surface area contributed by atoms with E-state index in [0.717, 1.165) is 11.3 Å². The molecule has 10 heteroatoms. The fourth-order valence-corrected chi connectivity index (χ4v) is 4.52. The largest absolute Gasteiger partial charge is 0.466 e. The van der Waals surface area contributed by atoms with Gasteiger partial charge in [-0.25, -0.2) is 4.98 Å². The molecule has 1 N–H and O–H groups in total. The number of hydrogen-bond acceptors (Lipinski definition) is 8. The molecule has 0 spiro atoms. The second kappa shape index (κ2) is 10.9. The molecule has 0 aliphatic heterocycles. The van der Waals surface area contributed by atoms with Crippen LogP contribution in [0, 0.1) is 0 Å². The van der Waals surface area contributed by atoms with Crippen LogP contribution in [-0.2, 0) is 20.7 Å². The van der Waals surface area contributed by atoms with E-state index in [1.54, 1.807) is 12.3 Å². The van der Waals surface area contributed by atoms with Gasteiger partial charge in [-0.1, -0.05) is 60.3 Å². The molecule has 1 amide bonds. The molecule has 2 heterocycles. The summed E-state index contributed by atoms with van der Waals surface area (Å²) in [4.78, 5) is 28.4. The first kappa shape index (κ1) is 22.7. The van der Waals surface area contributed by atoms with Gasteiger partial charge in [0, 0.05) is 16.6 Å². The van der Waals surface area contributed by atoms with E-state index < -0.39 is 0 Å². The van der Waals surface area contributed by atoms with Crippen molar-refractivity contribution < 1.29 is 14.3 Å². The molecule has 0 aliphatic rings. The third kappa shape index (κ3) is 5.85. The Balaban J connectivity index is 1.45. The van der Waals surface area contributed by atoms with Crippen molar-refractivity contribution >= 4 is 40.1 Å². The zero-order valence-corrected chi connectivity index (χ0v) is 19.4. The lowest BCUT2D eigenvalue weighted by molar-refractivity contribution is -0.142. The molecule has 4 aromatic rings. The van der Waals surface area contributed by atoms with Crippen molar-refractivity contribution in [2.24, 2.45) is 0 Å². The van der Waals surface area contributed by atoms with Gasteiger partial charge >= 0.3 is 5.97 Å². The van der Waals surface area contributed by atoms with E-state index in [-0.39, 0.29) is 24.1 Å². The SMILES string of the molecule is CCOC(=O)Cc1csc(NC(=O)CSc2nnc(-c3ccccc3)n2-c2ccccc2)n1. The summed E-state index contributed by atoms with van der Waals surface area (Å²) < 4.78 is 6.86. The Bertz CT molecular complexity index is 1230. The Labute approximate surface area is 199 Å². The number of rotatable bonds is 9. The average Bonchev–Trinajstić information content (AvgIpc) is 3.45. The summed E-state index contributed by atoms with van der Waals surface area (Å²) in [6.07, 6.45) is 0.0808. The Kier molecular flexibility index (Phi) is 7.48. The Morgan fingerprint density at radius 3 is 2.52 bits per heavy atom. The highest BCUT2D eigenvalue weighted by molar-refractivity contribution is 7.99. The van der Waals surface area contributed by atoms with Crippen LogP contribution in [0.25, 0.3) is 17.1 Å². The Morgan fingerprint density at radius 1 is 1.06 bits per heavy atom. The van der Waals surface area contributed by atoms with Crippen LogP contribution >= 0.6 is 23.1 Å². The maximum absolute atomic E-state index is 12.5. The molecule has 0 unspecified atom stereocenters. The third-order valence-electron chi connectivity index (χ3n) is 4.44. The van der Waals surface area contributed by atoms with Crippen molar-refractivity contribution in [3.8, 4) is 17.1 Å². The molecular formula is C23H21N5O3S2. The van der Waals surface area contributed by atoms with Crippen LogP contribution in [0.1, 0.15) is 12.6 Å². The van der Waals surface area contributed by atoms with E-state index in [9.17, 15) is 9.59 Å². The minimum absolute atomic E-state index is 0.0808. The molecule has 2 aromatic heterocycles. The zero-order chi connectivity index (χ0) is 23.0. The number of nitrogens with zero attached hydrogens (tertiary/aromatic N) is 4. The maximum Gasteiger partial charge on any atom is 0.311 e. The van der Waals surface area contributed by atoms with E-state index in [0.29, 0.717) is 28.4 Å².